The Morgan fingerprint density at radius 2 is 1.81 bits per heavy atom. The summed E-state index contributed by atoms with van der Waals surface area (Å²) in [6.45, 7) is 13.8. The lowest BCUT2D eigenvalue weighted by Crippen LogP contribution is -2.62. The Morgan fingerprint density at radius 3 is 2.44 bits per heavy atom. The number of nitrogens with two attached hydrogens (primary N) is 1. The third-order valence-electron chi connectivity index (χ3n) is 13.1. The van der Waals surface area contributed by atoms with Crippen molar-refractivity contribution in [1.29, 1.82) is 0 Å². The first kappa shape index (κ1) is 53.2. The van der Waals surface area contributed by atoms with Gasteiger partial charge in [-0.05, 0) is 105 Å². The molecule has 3 aliphatic heterocycles. The van der Waals surface area contributed by atoms with Gasteiger partial charge < -0.3 is 49.8 Å². The fraction of sp³-hybridized carbons (Fsp3) is 0.756. The van der Waals surface area contributed by atoms with Gasteiger partial charge in [-0.3, -0.25) is 19.2 Å². The Bertz CT molecular complexity index is 1810. The number of hydrogen-bond acceptors (Lipinski definition) is 16. The molecule has 0 bridgehead atoms. The average Bonchev–Trinajstić information content (AvgIpc) is 3.83. The van der Waals surface area contributed by atoms with Crippen LogP contribution in [-0.2, 0) is 39.8 Å². The Hall–Kier alpha value is -3.43. The fourth-order valence-corrected chi connectivity index (χ4v) is 9.67. The summed E-state index contributed by atoms with van der Waals surface area (Å²) < 4.78 is 43.5. The number of carbonyl (C=O) groups is 3. The van der Waals surface area contributed by atoms with E-state index in [1.54, 1.807) is 30.5 Å². The second-order valence-electron chi connectivity index (χ2n) is 18.3. The van der Waals surface area contributed by atoms with Crippen molar-refractivity contribution in [3.63, 3.8) is 0 Å². The van der Waals surface area contributed by atoms with Gasteiger partial charge in [0.25, 0.3) is 0 Å². The van der Waals surface area contributed by atoms with E-state index in [0.29, 0.717) is 56.7 Å². The van der Waals surface area contributed by atoms with Crippen LogP contribution in [0.15, 0.2) is 30.5 Å². The monoisotopic (exact) mass is 924 g/mol. The minimum atomic E-state index is -1.34. The number of ketones is 1. The first-order valence-corrected chi connectivity index (χ1v) is 23.6. The number of aliphatic hydroxyl groups excluding tert-OH is 2. The van der Waals surface area contributed by atoms with E-state index in [4.69, 9.17) is 29.4 Å². The molecule has 2 aromatic rings. The van der Waals surface area contributed by atoms with Gasteiger partial charge in [-0.25, -0.2) is 4.79 Å². The van der Waals surface area contributed by atoms with Crippen molar-refractivity contribution >= 4 is 35.7 Å². The van der Waals surface area contributed by atoms with E-state index in [1.807, 2.05) is 70.2 Å². The number of hydrogen-bond donors (Lipinski definition) is 4. The summed E-state index contributed by atoms with van der Waals surface area (Å²) in [5.74, 6) is -3.39. The standard InChI is InChI=1S/C44H71N7O10.CH3FS/c1-11-35-44(7)38(51(42(56)61-44)19-13-12-18-50-25-33(47-48-50)30-15-14-16-31(45)22-30)32(17-20-52)46-24-26(2)23-43(6,57-10)39(28(4)36(53)29(5)40(55)59-35)60-41-37(54)34(49(8)9)21-27(3)58-41;1-3-2/h14-16,22,25-29,32,34-35,37-39,41,46,52,54H,11-13,17-21,23-24,45H2,1-10H3;1H3/t26-,27-,28+,29-,32-,34?,35-,37?,38-,39-,41+,43-,44-;/m1./s1. The average molecular weight is 924 g/mol. The van der Waals surface area contributed by atoms with Crippen molar-refractivity contribution < 1.29 is 52.2 Å². The van der Waals surface area contributed by atoms with Crippen molar-refractivity contribution in [2.45, 2.75) is 154 Å². The molecule has 0 aliphatic carbocycles. The summed E-state index contributed by atoms with van der Waals surface area (Å²) in [5, 5.41) is 34.2. The number of unbranched alkanes of at least 4 members (excludes halogenated alkanes) is 1. The molecule has 0 spiro atoms. The van der Waals surface area contributed by atoms with Gasteiger partial charge in [-0.2, -0.15) is 3.89 Å². The highest BCUT2D eigenvalue weighted by Gasteiger charge is 2.59. The smallest absolute Gasteiger partial charge is 0.410 e. The molecule has 17 nitrogen and oxygen atoms in total. The number of fused-ring (bicyclic) bond motifs is 1. The number of methoxy groups -OCH3 is 1. The minimum Gasteiger partial charge on any atom is -0.458 e. The van der Waals surface area contributed by atoms with Gasteiger partial charge >= 0.3 is 12.1 Å². The summed E-state index contributed by atoms with van der Waals surface area (Å²) >= 11 is 0.250. The van der Waals surface area contributed by atoms with Gasteiger partial charge in [0, 0.05) is 74.5 Å². The van der Waals surface area contributed by atoms with Crippen LogP contribution < -0.4 is 11.1 Å². The maximum Gasteiger partial charge on any atom is 0.410 e. The number of nitrogens with zero attached hydrogens (tertiary/aromatic N) is 5. The molecule has 3 fully saturated rings. The van der Waals surface area contributed by atoms with Gasteiger partial charge in [0.15, 0.2) is 17.7 Å². The van der Waals surface area contributed by atoms with E-state index in [-0.39, 0.29) is 49.7 Å². The van der Waals surface area contributed by atoms with Gasteiger partial charge in [-0.15, -0.1) is 5.10 Å². The molecule has 5 N–H and O–H groups in total. The number of Topliss-reactive ketones (excluding diaryl/α,β-unsaturated/α-hetero) is 1. The molecule has 64 heavy (non-hydrogen) atoms. The number of nitrogen functional groups attached to an aromatic ring is 1. The number of benzene rings is 1. The molecule has 0 saturated carbocycles. The lowest BCUT2D eigenvalue weighted by Gasteiger charge is -2.46. The first-order valence-electron chi connectivity index (χ1n) is 22.5. The maximum absolute atomic E-state index is 14.4. The largest absolute Gasteiger partial charge is 0.458 e. The van der Waals surface area contributed by atoms with E-state index < -0.39 is 77.6 Å². The van der Waals surface area contributed by atoms with E-state index in [2.05, 4.69) is 22.6 Å². The molecular weight excluding hydrogens is 850 g/mol. The number of aryl methyl sites for hydroxylation is 1. The number of rotatable bonds is 13. The predicted molar refractivity (Wildman–Crippen MR) is 243 cm³/mol. The number of carbonyl (C=O) groups excluding carboxylic acids is 3. The maximum atomic E-state index is 14.4. The molecule has 5 rings (SSSR count). The molecule has 1 aromatic carbocycles. The van der Waals surface area contributed by atoms with Crippen LogP contribution in [0.5, 0.6) is 0 Å². The third kappa shape index (κ3) is 12.7. The highest BCUT2D eigenvalue weighted by atomic mass is 32.2. The number of nitrogens with one attached hydrogen (secondary N) is 1. The lowest BCUT2D eigenvalue weighted by molar-refractivity contribution is -0.295. The van der Waals surface area contributed by atoms with E-state index in [0.717, 1.165) is 5.56 Å². The molecule has 13 atom stereocenters. The Labute approximate surface area is 382 Å². The van der Waals surface area contributed by atoms with Gasteiger partial charge in [-0.1, -0.05) is 38.1 Å². The van der Waals surface area contributed by atoms with E-state index >= 15 is 0 Å². The van der Waals surface area contributed by atoms with Crippen LogP contribution in [0.1, 0.15) is 87.0 Å². The zero-order valence-corrected chi connectivity index (χ0v) is 40.4. The molecule has 1 aromatic heterocycles. The van der Waals surface area contributed by atoms with Crippen LogP contribution in [0.2, 0.25) is 0 Å². The minimum absolute atomic E-state index is 0.0924. The van der Waals surface area contributed by atoms with Crippen molar-refractivity contribution in [2.75, 3.05) is 52.9 Å². The number of amides is 1. The number of esters is 1. The predicted octanol–water partition coefficient (Wildman–Crippen LogP) is 4.88. The molecule has 2 unspecified atom stereocenters. The zero-order chi connectivity index (χ0) is 47.5. The summed E-state index contributed by atoms with van der Waals surface area (Å²) in [6.07, 6.45) is 1.33. The quantitative estimate of drug-likeness (QED) is 0.0913. The SMILES string of the molecule is CC[C@H]1OC(=O)[C@H](C)C(=O)[C@H](C)[C@@H](O[C@@H]2O[C@H](C)CC(N(C)C)C2O)[C@](C)(OC)C[C@@H](C)CN[C@H](CCO)[C@H]2N(CCCCn3cc(-c4cccc(N)c4)nn3)C(=O)O[C@]12C.CSF. The topological polar surface area (TPSA) is 213 Å². The van der Waals surface area contributed by atoms with Crippen molar-refractivity contribution in [2.24, 2.45) is 17.8 Å². The van der Waals surface area contributed by atoms with Gasteiger partial charge in [0.1, 0.15) is 23.8 Å². The highest BCUT2D eigenvalue weighted by Crippen LogP contribution is 2.41. The van der Waals surface area contributed by atoms with Crippen LogP contribution >= 0.6 is 12.1 Å². The summed E-state index contributed by atoms with van der Waals surface area (Å²) in [4.78, 5) is 46.1. The van der Waals surface area contributed by atoms with Crippen LogP contribution in [0, 0.1) is 17.8 Å². The summed E-state index contributed by atoms with van der Waals surface area (Å²) in [5.41, 5.74) is 5.74. The van der Waals surface area contributed by atoms with Crippen LogP contribution in [0.25, 0.3) is 11.3 Å². The van der Waals surface area contributed by atoms with Crippen molar-refractivity contribution in [3.05, 3.63) is 30.5 Å². The Kier molecular flexibility index (Phi) is 19.8. The zero-order valence-electron chi connectivity index (χ0n) is 39.6. The van der Waals surface area contributed by atoms with Crippen LogP contribution in [-0.4, -0.2) is 160 Å². The van der Waals surface area contributed by atoms with Crippen molar-refractivity contribution in [3.8, 4) is 11.3 Å². The molecule has 4 heterocycles. The number of aliphatic hydroxyl groups is 2. The summed E-state index contributed by atoms with van der Waals surface area (Å²) in [7, 11) is 5.35. The molecule has 19 heteroatoms. The number of aromatic nitrogens is 3. The number of ether oxygens (including phenoxy) is 5. The molecule has 362 valence electrons. The molecule has 0 radical (unpaired) electrons. The number of halogens is 1. The van der Waals surface area contributed by atoms with Crippen LogP contribution in [0.3, 0.4) is 0 Å². The second-order valence-corrected chi connectivity index (χ2v) is 18.6. The number of anilines is 1. The summed E-state index contributed by atoms with van der Waals surface area (Å²) in [6, 6.07) is 6.06. The third-order valence-corrected chi connectivity index (χ3v) is 13.1. The molecule has 3 saturated heterocycles. The fourth-order valence-electron chi connectivity index (χ4n) is 9.67. The second kappa shape index (κ2) is 23.8. The normalized spacial score (nSPS) is 34.3. The number of likely N-dealkylation sites (N-methyl/N-ethyl adjacent to an activating group) is 1. The molecular formula is C45H74FN7O10S. The van der Waals surface area contributed by atoms with E-state index in [9.17, 15) is 28.5 Å². The van der Waals surface area contributed by atoms with Crippen molar-refractivity contribution in [1.82, 2.24) is 30.1 Å². The Morgan fingerprint density at radius 1 is 1.12 bits per heavy atom. The van der Waals surface area contributed by atoms with Gasteiger partial charge in [0.05, 0.1) is 30.0 Å². The molecule has 3 aliphatic rings. The first-order chi connectivity index (χ1) is 30.3. The number of cyclic esters (lactones) is 1. The van der Waals surface area contributed by atoms with Gasteiger partial charge in [0.2, 0.25) is 0 Å². The lowest BCUT2D eigenvalue weighted by atomic mass is 9.78. The highest BCUT2D eigenvalue weighted by molar-refractivity contribution is 7.93. The Balaban J connectivity index is 0.00000291. The van der Waals surface area contributed by atoms with Crippen LogP contribution in [0.4, 0.5) is 14.4 Å². The van der Waals surface area contributed by atoms with E-state index in [1.165, 1.54) is 13.2 Å². The molecule has 1 amide bonds.